The van der Waals surface area contributed by atoms with Crippen LogP contribution in [0.2, 0.25) is 5.02 Å². The molecule has 3 heterocycles. The Labute approximate surface area is 159 Å². The van der Waals surface area contributed by atoms with E-state index in [4.69, 9.17) is 21.1 Å². The van der Waals surface area contributed by atoms with Crippen LogP contribution in [-0.4, -0.2) is 12.7 Å². The molecule has 6 heteroatoms. The van der Waals surface area contributed by atoms with Gasteiger partial charge >= 0.3 is 0 Å². The van der Waals surface area contributed by atoms with Gasteiger partial charge in [0.25, 0.3) is 0 Å². The molecule has 3 aromatic rings. The summed E-state index contributed by atoms with van der Waals surface area (Å²) in [6.45, 7) is 0.245. The Morgan fingerprint density at radius 2 is 1.88 bits per heavy atom. The van der Waals surface area contributed by atoms with E-state index in [-0.39, 0.29) is 18.6 Å². The van der Waals surface area contributed by atoms with E-state index < -0.39 is 0 Å². The first-order chi connectivity index (χ1) is 12.7. The molecular formula is C20H14ClNO3S. The number of halogens is 1. The number of ether oxygens (including phenoxy) is 2. The number of nitrogens with one attached hydrogen (secondary N) is 1. The number of carbonyl (C=O) groups is 1. The van der Waals surface area contributed by atoms with Gasteiger partial charge in [0.05, 0.1) is 5.69 Å². The third-order valence-corrected chi connectivity index (χ3v) is 6.09. The Balaban J connectivity index is 1.59. The lowest BCUT2D eigenvalue weighted by atomic mass is 9.89. The molecule has 4 nitrogen and oxygen atoms in total. The highest BCUT2D eigenvalue weighted by Crippen LogP contribution is 2.48. The topological polar surface area (TPSA) is 47.6 Å². The summed E-state index contributed by atoms with van der Waals surface area (Å²) in [5.74, 6) is 1.53. The number of hydrogen-bond acceptors (Lipinski definition) is 4. The van der Waals surface area contributed by atoms with Crippen LogP contribution in [0.5, 0.6) is 11.5 Å². The maximum Gasteiger partial charge on any atom is 0.231 e. The lowest BCUT2D eigenvalue weighted by Gasteiger charge is -2.24. The summed E-state index contributed by atoms with van der Waals surface area (Å²) < 4.78 is 10.9. The molecule has 0 saturated carbocycles. The van der Waals surface area contributed by atoms with Gasteiger partial charge in [-0.3, -0.25) is 4.79 Å². The zero-order chi connectivity index (χ0) is 17.7. The van der Waals surface area contributed by atoms with E-state index in [0.717, 1.165) is 38.8 Å². The summed E-state index contributed by atoms with van der Waals surface area (Å²) in [7, 11) is 0. The lowest BCUT2D eigenvalue weighted by molar-refractivity contribution is -0.116. The van der Waals surface area contributed by atoms with Crippen LogP contribution in [0, 0.1) is 0 Å². The maximum absolute atomic E-state index is 12.4. The van der Waals surface area contributed by atoms with Crippen LogP contribution >= 0.6 is 22.9 Å². The molecule has 0 unspecified atom stereocenters. The molecule has 26 heavy (non-hydrogen) atoms. The zero-order valence-electron chi connectivity index (χ0n) is 13.6. The second-order valence-corrected chi connectivity index (χ2v) is 7.66. The van der Waals surface area contributed by atoms with Crippen LogP contribution < -0.4 is 14.8 Å². The van der Waals surface area contributed by atoms with Gasteiger partial charge in [0.2, 0.25) is 12.7 Å². The first-order valence-corrected chi connectivity index (χ1v) is 9.51. The standard InChI is InChI=1S/C20H14ClNO3S/c21-13-4-1-11(2-5-13)15-9-26-20-14(8-18(23)22-19(15)20)12-3-6-16-17(7-12)25-10-24-16/h1-7,9,14H,8,10H2,(H,22,23)/t14-/m0/s1. The summed E-state index contributed by atoms with van der Waals surface area (Å²) in [6.07, 6.45) is 0.424. The third-order valence-electron chi connectivity index (χ3n) is 4.74. The van der Waals surface area contributed by atoms with Crippen LogP contribution in [0.25, 0.3) is 11.1 Å². The van der Waals surface area contributed by atoms with Crippen LogP contribution in [0.4, 0.5) is 5.69 Å². The molecule has 1 aromatic heterocycles. The van der Waals surface area contributed by atoms with Gasteiger partial charge in [-0.05, 0) is 35.4 Å². The Bertz CT molecular complexity index is 1010. The van der Waals surface area contributed by atoms with E-state index in [2.05, 4.69) is 10.7 Å². The highest BCUT2D eigenvalue weighted by Gasteiger charge is 2.31. The monoisotopic (exact) mass is 383 g/mol. The van der Waals surface area contributed by atoms with Crippen LogP contribution in [-0.2, 0) is 4.79 Å². The predicted molar refractivity (Wildman–Crippen MR) is 102 cm³/mol. The summed E-state index contributed by atoms with van der Waals surface area (Å²) in [5.41, 5.74) is 4.03. The molecule has 2 aromatic carbocycles. The summed E-state index contributed by atoms with van der Waals surface area (Å²) in [6, 6.07) is 13.6. The minimum absolute atomic E-state index is 0.0132. The highest BCUT2D eigenvalue weighted by molar-refractivity contribution is 7.11. The third kappa shape index (κ3) is 2.55. The normalized spacial score (nSPS) is 17.7. The molecule has 0 spiro atoms. The fraction of sp³-hybridized carbons (Fsp3) is 0.150. The van der Waals surface area contributed by atoms with E-state index >= 15 is 0 Å². The Kier molecular flexibility index (Phi) is 3.65. The van der Waals surface area contributed by atoms with Crippen molar-refractivity contribution in [3.05, 3.63) is 63.3 Å². The molecule has 1 amide bonds. The quantitative estimate of drug-likeness (QED) is 0.655. The fourth-order valence-corrected chi connectivity index (χ4v) is 4.76. The molecule has 1 atom stereocenters. The second kappa shape index (κ2) is 6.04. The molecule has 0 saturated heterocycles. The number of amides is 1. The van der Waals surface area contributed by atoms with Gasteiger partial charge in [-0.15, -0.1) is 11.3 Å². The summed E-state index contributed by atoms with van der Waals surface area (Å²) >= 11 is 7.67. The smallest absolute Gasteiger partial charge is 0.231 e. The van der Waals surface area contributed by atoms with Crippen molar-refractivity contribution in [2.75, 3.05) is 12.1 Å². The van der Waals surface area contributed by atoms with Gasteiger partial charge in [-0.2, -0.15) is 0 Å². The van der Waals surface area contributed by atoms with E-state index in [0.29, 0.717) is 11.4 Å². The van der Waals surface area contributed by atoms with Crippen molar-refractivity contribution in [2.24, 2.45) is 0 Å². The Hall–Kier alpha value is -2.50. The van der Waals surface area contributed by atoms with E-state index in [9.17, 15) is 4.79 Å². The van der Waals surface area contributed by atoms with Crippen molar-refractivity contribution in [2.45, 2.75) is 12.3 Å². The van der Waals surface area contributed by atoms with Gasteiger partial charge in [-0.1, -0.05) is 29.8 Å². The summed E-state index contributed by atoms with van der Waals surface area (Å²) in [4.78, 5) is 13.6. The number of carbonyl (C=O) groups excluding carboxylic acids is 1. The number of thiophene rings is 1. The molecular weight excluding hydrogens is 370 g/mol. The van der Waals surface area contributed by atoms with Crippen LogP contribution in [0.3, 0.4) is 0 Å². The van der Waals surface area contributed by atoms with E-state index in [1.807, 2.05) is 42.5 Å². The first-order valence-electron chi connectivity index (χ1n) is 8.26. The van der Waals surface area contributed by atoms with Crippen LogP contribution in [0.15, 0.2) is 47.8 Å². The van der Waals surface area contributed by atoms with Gasteiger partial charge < -0.3 is 14.8 Å². The van der Waals surface area contributed by atoms with E-state index in [1.54, 1.807) is 11.3 Å². The van der Waals surface area contributed by atoms with Crippen molar-refractivity contribution in [1.82, 2.24) is 0 Å². The predicted octanol–water partition coefficient (Wildman–Crippen LogP) is 5.27. The van der Waals surface area contributed by atoms with Gasteiger partial charge in [0.15, 0.2) is 11.5 Å². The molecule has 0 bridgehead atoms. The maximum atomic E-state index is 12.4. The number of hydrogen-bond donors (Lipinski definition) is 1. The van der Waals surface area contributed by atoms with Gasteiger partial charge in [0, 0.05) is 33.2 Å². The summed E-state index contributed by atoms with van der Waals surface area (Å²) in [5, 5.41) is 5.85. The Morgan fingerprint density at radius 1 is 1.08 bits per heavy atom. The minimum atomic E-state index is 0.0132. The Morgan fingerprint density at radius 3 is 2.73 bits per heavy atom. The average molecular weight is 384 g/mol. The van der Waals surface area contributed by atoms with Crippen molar-refractivity contribution in [3.63, 3.8) is 0 Å². The molecule has 2 aliphatic rings. The highest BCUT2D eigenvalue weighted by atomic mass is 35.5. The van der Waals surface area contributed by atoms with Crippen molar-refractivity contribution in [1.29, 1.82) is 0 Å². The van der Waals surface area contributed by atoms with Crippen LogP contribution in [0.1, 0.15) is 22.8 Å². The lowest BCUT2D eigenvalue weighted by Crippen LogP contribution is -2.22. The zero-order valence-corrected chi connectivity index (χ0v) is 15.2. The van der Waals surface area contributed by atoms with Gasteiger partial charge in [-0.25, -0.2) is 0 Å². The minimum Gasteiger partial charge on any atom is -0.454 e. The largest absolute Gasteiger partial charge is 0.454 e. The molecule has 130 valence electrons. The number of fused-ring (bicyclic) bond motifs is 2. The molecule has 2 aliphatic heterocycles. The molecule has 5 rings (SSSR count). The molecule has 0 radical (unpaired) electrons. The van der Waals surface area contributed by atoms with E-state index in [1.165, 1.54) is 0 Å². The fourth-order valence-electron chi connectivity index (χ4n) is 3.47. The first kappa shape index (κ1) is 15.7. The number of benzene rings is 2. The number of anilines is 1. The van der Waals surface area contributed by atoms with Gasteiger partial charge in [0.1, 0.15) is 0 Å². The molecule has 0 aliphatic carbocycles. The second-order valence-electron chi connectivity index (χ2n) is 6.31. The molecule has 1 N–H and O–H groups in total. The van der Waals surface area contributed by atoms with Crippen molar-refractivity contribution >= 4 is 34.5 Å². The average Bonchev–Trinajstić information content (AvgIpc) is 3.27. The SMILES string of the molecule is O=C1C[C@@H](c2ccc3c(c2)OCO3)c2scc(-c3ccc(Cl)cc3)c2N1. The van der Waals surface area contributed by atoms with Crippen molar-refractivity contribution < 1.29 is 14.3 Å². The number of rotatable bonds is 2. The molecule has 0 fully saturated rings. The van der Waals surface area contributed by atoms with Crippen molar-refractivity contribution in [3.8, 4) is 22.6 Å².